The third-order valence-corrected chi connectivity index (χ3v) is 5.99. The first-order valence-electron chi connectivity index (χ1n) is 8.91. The molecule has 1 atom stereocenters. The second-order valence-electron chi connectivity index (χ2n) is 6.52. The second kappa shape index (κ2) is 7.45. The maximum Gasteiger partial charge on any atom is 0.241 e. The third kappa shape index (κ3) is 3.78. The lowest BCUT2D eigenvalue weighted by Crippen LogP contribution is -2.33. The summed E-state index contributed by atoms with van der Waals surface area (Å²) >= 11 is 0. The van der Waals surface area contributed by atoms with Crippen LogP contribution in [0.2, 0.25) is 0 Å². The van der Waals surface area contributed by atoms with E-state index in [0.29, 0.717) is 55.9 Å². The van der Waals surface area contributed by atoms with Gasteiger partial charge in [0.2, 0.25) is 10.0 Å². The number of aryl methyl sites for hydroxylation is 1. The molecule has 1 aromatic carbocycles. The minimum atomic E-state index is -3.75. The molecule has 0 bridgehead atoms. The molecule has 0 saturated heterocycles. The Bertz CT molecular complexity index is 927. The van der Waals surface area contributed by atoms with Crippen molar-refractivity contribution in [2.45, 2.75) is 43.4 Å². The number of fused-ring (bicyclic) bond motifs is 2. The number of aromatic nitrogens is 3. The Kier molecular flexibility index (Phi) is 5.02. The van der Waals surface area contributed by atoms with Crippen LogP contribution < -0.4 is 14.2 Å². The molecule has 0 saturated carbocycles. The quantitative estimate of drug-likeness (QED) is 0.817. The van der Waals surface area contributed by atoms with Gasteiger partial charge in [0, 0.05) is 26.1 Å². The van der Waals surface area contributed by atoms with Crippen LogP contribution in [0.4, 0.5) is 0 Å². The van der Waals surface area contributed by atoms with Gasteiger partial charge in [-0.3, -0.25) is 0 Å². The molecule has 0 unspecified atom stereocenters. The highest BCUT2D eigenvalue weighted by molar-refractivity contribution is 7.89. The normalized spacial score (nSPS) is 19.4. The van der Waals surface area contributed by atoms with Crippen molar-refractivity contribution in [3.05, 3.63) is 29.8 Å². The number of hydrogen-bond acceptors (Lipinski definition) is 7. The van der Waals surface area contributed by atoms with E-state index in [4.69, 9.17) is 14.2 Å². The van der Waals surface area contributed by atoms with Gasteiger partial charge in [-0.05, 0) is 25.0 Å². The molecule has 1 N–H and O–H groups in total. The minimum Gasteiger partial charge on any atom is -0.490 e. The molecule has 0 aliphatic carbocycles. The molecule has 146 valence electrons. The van der Waals surface area contributed by atoms with Crippen molar-refractivity contribution in [3.63, 3.8) is 0 Å². The molecule has 0 spiro atoms. The van der Waals surface area contributed by atoms with Crippen LogP contribution in [0.15, 0.2) is 23.1 Å². The number of methoxy groups -OCH3 is 1. The number of nitrogens with one attached hydrogen (secondary N) is 1. The first kappa shape index (κ1) is 18.2. The highest BCUT2D eigenvalue weighted by atomic mass is 32.2. The van der Waals surface area contributed by atoms with Crippen LogP contribution in [-0.2, 0) is 27.9 Å². The SMILES string of the molecule is COCc1nc2n(n1)CCC[C@H]2NS(=O)(=O)c1ccc2c(c1)OCCCO2. The third-order valence-electron chi connectivity index (χ3n) is 4.52. The fraction of sp³-hybridized carbons (Fsp3) is 0.529. The van der Waals surface area contributed by atoms with E-state index in [1.54, 1.807) is 17.9 Å². The van der Waals surface area contributed by atoms with Gasteiger partial charge in [-0.25, -0.2) is 22.8 Å². The number of sulfonamides is 1. The topological polar surface area (TPSA) is 105 Å². The molecule has 9 nitrogen and oxygen atoms in total. The van der Waals surface area contributed by atoms with Gasteiger partial charge in [0.25, 0.3) is 0 Å². The van der Waals surface area contributed by atoms with Gasteiger partial charge in [0.05, 0.1) is 24.2 Å². The molecule has 2 aromatic rings. The molecular formula is C17H22N4O5S. The summed E-state index contributed by atoms with van der Waals surface area (Å²) < 4.78 is 46.6. The summed E-state index contributed by atoms with van der Waals surface area (Å²) in [6.45, 7) is 2.06. The van der Waals surface area contributed by atoms with Crippen LogP contribution in [0.1, 0.15) is 37.0 Å². The predicted molar refractivity (Wildman–Crippen MR) is 95.1 cm³/mol. The van der Waals surface area contributed by atoms with Crippen LogP contribution >= 0.6 is 0 Å². The molecule has 0 radical (unpaired) electrons. The maximum absolute atomic E-state index is 12.9. The van der Waals surface area contributed by atoms with E-state index in [1.165, 1.54) is 12.1 Å². The first-order valence-corrected chi connectivity index (χ1v) is 10.4. The zero-order chi connectivity index (χ0) is 18.9. The summed E-state index contributed by atoms with van der Waals surface area (Å²) in [5.74, 6) is 2.18. The Morgan fingerprint density at radius 2 is 2.07 bits per heavy atom. The summed E-state index contributed by atoms with van der Waals surface area (Å²) in [4.78, 5) is 4.58. The molecule has 2 aliphatic rings. The average molecular weight is 394 g/mol. The summed E-state index contributed by atoms with van der Waals surface area (Å²) in [6, 6.07) is 4.24. The Balaban J connectivity index is 1.58. The van der Waals surface area contributed by atoms with Gasteiger partial charge < -0.3 is 14.2 Å². The maximum atomic E-state index is 12.9. The molecular weight excluding hydrogens is 372 g/mol. The molecule has 0 fully saturated rings. The van der Waals surface area contributed by atoms with Crippen molar-refractivity contribution < 1.29 is 22.6 Å². The molecule has 0 amide bonds. The minimum absolute atomic E-state index is 0.139. The summed E-state index contributed by atoms with van der Waals surface area (Å²) in [7, 11) is -2.18. The fourth-order valence-corrected chi connectivity index (χ4v) is 4.51. The summed E-state index contributed by atoms with van der Waals surface area (Å²) in [5.41, 5.74) is 0. The number of rotatable bonds is 5. The van der Waals surface area contributed by atoms with E-state index in [0.717, 1.165) is 12.8 Å². The Morgan fingerprint density at radius 3 is 2.89 bits per heavy atom. The predicted octanol–water partition coefficient (Wildman–Crippen LogP) is 1.40. The first-order chi connectivity index (χ1) is 13.1. The van der Waals surface area contributed by atoms with Gasteiger partial charge >= 0.3 is 0 Å². The van der Waals surface area contributed by atoms with Gasteiger partial charge in [0.1, 0.15) is 12.4 Å². The van der Waals surface area contributed by atoms with Crippen molar-refractivity contribution >= 4 is 10.0 Å². The van der Waals surface area contributed by atoms with Crippen LogP contribution in [0.3, 0.4) is 0 Å². The lowest BCUT2D eigenvalue weighted by Gasteiger charge is -2.23. The molecule has 3 heterocycles. The lowest BCUT2D eigenvalue weighted by molar-refractivity contribution is 0.177. The molecule has 27 heavy (non-hydrogen) atoms. The van der Waals surface area contributed by atoms with E-state index in [1.807, 2.05) is 0 Å². The smallest absolute Gasteiger partial charge is 0.241 e. The zero-order valence-corrected chi connectivity index (χ0v) is 15.9. The largest absolute Gasteiger partial charge is 0.490 e. The van der Waals surface area contributed by atoms with Gasteiger partial charge in [-0.1, -0.05) is 0 Å². The van der Waals surface area contributed by atoms with Crippen LogP contribution in [0.25, 0.3) is 0 Å². The van der Waals surface area contributed by atoms with E-state index >= 15 is 0 Å². The monoisotopic (exact) mass is 394 g/mol. The highest BCUT2D eigenvalue weighted by Gasteiger charge is 2.29. The van der Waals surface area contributed by atoms with Crippen LogP contribution in [0.5, 0.6) is 11.5 Å². The van der Waals surface area contributed by atoms with Crippen LogP contribution in [-0.4, -0.2) is 43.5 Å². The molecule has 1 aromatic heterocycles. The molecule has 4 rings (SSSR count). The van der Waals surface area contributed by atoms with Gasteiger partial charge in [-0.2, -0.15) is 5.10 Å². The number of ether oxygens (including phenoxy) is 3. The van der Waals surface area contributed by atoms with Gasteiger partial charge in [0.15, 0.2) is 17.3 Å². The average Bonchev–Trinajstić information content (AvgIpc) is 2.91. The fourth-order valence-electron chi connectivity index (χ4n) is 3.27. The van der Waals surface area contributed by atoms with E-state index in [-0.39, 0.29) is 4.90 Å². The number of hydrogen-bond donors (Lipinski definition) is 1. The zero-order valence-electron chi connectivity index (χ0n) is 15.1. The van der Waals surface area contributed by atoms with E-state index in [2.05, 4.69) is 14.8 Å². The van der Waals surface area contributed by atoms with E-state index in [9.17, 15) is 8.42 Å². The molecule has 10 heteroatoms. The highest BCUT2D eigenvalue weighted by Crippen LogP contribution is 2.33. The molecule has 2 aliphatic heterocycles. The second-order valence-corrected chi connectivity index (χ2v) is 8.23. The lowest BCUT2D eigenvalue weighted by atomic mass is 10.1. The van der Waals surface area contributed by atoms with Crippen molar-refractivity contribution in [1.82, 2.24) is 19.5 Å². The summed E-state index contributed by atoms with van der Waals surface area (Å²) in [6.07, 6.45) is 2.24. The van der Waals surface area contributed by atoms with Crippen molar-refractivity contribution in [2.24, 2.45) is 0 Å². The summed E-state index contributed by atoms with van der Waals surface area (Å²) in [5, 5.41) is 4.37. The van der Waals surface area contributed by atoms with Crippen molar-refractivity contribution in [3.8, 4) is 11.5 Å². The Morgan fingerprint density at radius 1 is 1.26 bits per heavy atom. The van der Waals surface area contributed by atoms with Crippen molar-refractivity contribution in [1.29, 1.82) is 0 Å². The van der Waals surface area contributed by atoms with Gasteiger partial charge in [-0.15, -0.1) is 0 Å². The Hall–Kier alpha value is -2.17. The number of nitrogens with zero attached hydrogens (tertiary/aromatic N) is 3. The van der Waals surface area contributed by atoms with E-state index < -0.39 is 16.1 Å². The van der Waals surface area contributed by atoms with Crippen LogP contribution in [0, 0.1) is 0 Å². The Labute approximate surface area is 157 Å². The number of benzene rings is 1. The standard InChI is InChI=1S/C17H22N4O5S/c1-24-11-16-18-17-13(4-2-7-21(17)19-16)20-27(22,23)12-5-6-14-15(10-12)26-9-3-8-25-14/h5-6,10,13,20H,2-4,7-9,11H2,1H3/t13-/m1/s1. The van der Waals surface area contributed by atoms with Crippen molar-refractivity contribution in [2.75, 3.05) is 20.3 Å².